The molecule has 0 spiro atoms. The highest BCUT2D eigenvalue weighted by Gasteiger charge is 2.18. The van der Waals surface area contributed by atoms with Gasteiger partial charge in [0.25, 0.3) is 5.91 Å². The lowest BCUT2D eigenvalue weighted by molar-refractivity contribution is 0.102. The normalized spacial score (nSPS) is 13.7. The van der Waals surface area contributed by atoms with Gasteiger partial charge in [0.15, 0.2) is 0 Å². The molecule has 0 atom stereocenters. The highest BCUT2D eigenvalue weighted by Crippen LogP contribution is 2.32. The molecule has 1 amide bonds. The zero-order valence-corrected chi connectivity index (χ0v) is 24.6. The van der Waals surface area contributed by atoms with Crippen molar-refractivity contribution in [3.8, 4) is 17.1 Å². The van der Waals surface area contributed by atoms with Gasteiger partial charge in [-0.05, 0) is 55.3 Å². The van der Waals surface area contributed by atoms with Crippen molar-refractivity contribution < 1.29 is 9.53 Å². The Labute approximate surface area is 242 Å². The molecule has 0 aliphatic carbocycles. The number of carbonyl (C=O) groups is 1. The van der Waals surface area contributed by atoms with Crippen molar-refractivity contribution in [2.24, 2.45) is 7.05 Å². The van der Waals surface area contributed by atoms with Crippen molar-refractivity contribution in [3.63, 3.8) is 0 Å². The Morgan fingerprint density at radius 1 is 0.976 bits per heavy atom. The van der Waals surface area contributed by atoms with Crippen LogP contribution in [0.3, 0.4) is 0 Å². The van der Waals surface area contributed by atoms with Gasteiger partial charge in [-0.3, -0.25) is 4.79 Å². The van der Waals surface area contributed by atoms with Crippen molar-refractivity contribution in [2.75, 3.05) is 55.9 Å². The molecule has 4 aromatic rings. The Balaban J connectivity index is 1.34. The van der Waals surface area contributed by atoms with Crippen molar-refractivity contribution in [1.82, 2.24) is 19.4 Å². The van der Waals surface area contributed by atoms with Crippen molar-refractivity contribution in [2.45, 2.75) is 26.7 Å². The molecule has 41 heavy (non-hydrogen) atoms. The van der Waals surface area contributed by atoms with E-state index >= 15 is 0 Å². The monoisotopic (exact) mass is 553 g/mol. The number of nitrogens with zero attached hydrogens (tertiary/aromatic N) is 5. The third kappa shape index (κ3) is 6.20. The second-order valence-electron chi connectivity index (χ2n) is 10.4. The number of para-hydroxylation sites is 1. The summed E-state index contributed by atoms with van der Waals surface area (Å²) < 4.78 is 7.63. The summed E-state index contributed by atoms with van der Waals surface area (Å²) >= 11 is 0. The molecule has 0 radical (unpaired) electrons. The van der Waals surface area contributed by atoms with Crippen LogP contribution in [0, 0.1) is 0 Å². The molecule has 214 valence electrons. The number of nitrogens with one attached hydrogen (secondary N) is 2. The standard InChI is InChI=1S/C32H39N7O2/c1-6-22-9-8-10-23(7-2)30(22)36-31(40)24-19-28(38(4)21-24)26-13-14-33-32(34-26)35-27-12-11-25(20-29(27)41-5)39-17-15-37(3)16-18-39/h8-14,19-21H,6-7,15-18H2,1-5H3,(H,36,40)(H,33,34,35). The van der Waals surface area contributed by atoms with Crippen molar-refractivity contribution in [1.29, 1.82) is 0 Å². The Morgan fingerprint density at radius 2 is 1.71 bits per heavy atom. The number of piperazine rings is 1. The van der Waals surface area contributed by atoms with E-state index < -0.39 is 0 Å². The summed E-state index contributed by atoms with van der Waals surface area (Å²) in [6.07, 6.45) is 5.25. The number of anilines is 4. The van der Waals surface area contributed by atoms with Gasteiger partial charge >= 0.3 is 0 Å². The molecule has 1 fully saturated rings. The fourth-order valence-electron chi connectivity index (χ4n) is 5.26. The summed E-state index contributed by atoms with van der Waals surface area (Å²) in [6, 6.07) is 16.1. The largest absolute Gasteiger partial charge is 0.494 e. The van der Waals surface area contributed by atoms with Crippen LogP contribution < -0.4 is 20.3 Å². The lowest BCUT2D eigenvalue weighted by Gasteiger charge is -2.34. The van der Waals surface area contributed by atoms with Gasteiger partial charge in [-0.1, -0.05) is 32.0 Å². The minimum absolute atomic E-state index is 0.139. The molecule has 2 N–H and O–H groups in total. The molecule has 0 unspecified atom stereocenters. The molecular formula is C32H39N7O2. The van der Waals surface area contributed by atoms with E-state index in [0.717, 1.165) is 78.7 Å². The summed E-state index contributed by atoms with van der Waals surface area (Å²) in [6.45, 7) is 8.25. The number of benzene rings is 2. The Hall–Kier alpha value is -4.37. The first kappa shape index (κ1) is 28.2. The number of hydrogen-bond acceptors (Lipinski definition) is 7. The number of ether oxygens (including phenoxy) is 1. The number of methoxy groups -OCH3 is 1. The van der Waals surface area contributed by atoms with E-state index in [2.05, 4.69) is 70.6 Å². The molecule has 9 nitrogen and oxygen atoms in total. The van der Waals surface area contributed by atoms with Crippen LogP contribution in [0.5, 0.6) is 5.75 Å². The molecule has 2 aromatic carbocycles. The molecular weight excluding hydrogens is 514 g/mol. The molecule has 1 aliphatic heterocycles. The summed E-state index contributed by atoms with van der Waals surface area (Å²) in [5.74, 6) is 1.04. The van der Waals surface area contributed by atoms with Crippen LogP contribution in [0.1, 0.15) is 35.3 Å². The molecule has 5 rings (SSSR count). The van der Waals surface area contributed by atoms with Crippen LogP contribution in [0.25, 0.3) is 11.4 Å². The maximum Gasteiger partial charge on any atom is 0.257 e. The minimum Gasteiger partial charge on any atom is -0.494 e. The zero-order chi connectivity index (χ0) is 28.9. The van der Waals surface area contributed by atoms with E-state index in [9.17, 15) is 4.79 Å². The second kappa shape index (κ2) is 12.4. The zero-order valence-electron chi connectivity index (χ0n) is 24.6. The summed E-state index contributed by atoms with van der Waals surface area (Å²) in [7, 11) is 5.74. The van der Waals surface area contributed by atoms with Gasteiger partial charge in [-0.25, -0.2) is 9.97 Å². The Bertz CT molecular complexity index is 1500. The van der Waals surface area contributed by atoms with Gasteiger partial charge in [0, 0.05) is 63.1 Å². The van der Waals surface area contributed by atoms with E-state index in [1.807, 2.05) is 42.1 Å². The maximum atomic E-state index is 13.3. The van der Waals surface area contributed by atoms with E-state index in [0.29, 0.717) is 17.2 Å². The van der Waals surface area contributed by atoms with Gasteiger partial charge in [0.05, 0.1) is 29.7 Å². The number of aromatic nitrogens is 3. The van der Waals surface area contributed by atoms with Crippen LogP contribution in [0.4, 0.5) is 23.0 Å². The average Bonchev–Trinajstić information content (AvgIpc) is 3.39. The number of amides is 1. The molecule has 0 bridgehead atoms. The minimum atomic E-state index is -0.139. The molecule has 2 aromatic heterocycles. The van der Waals surface area contributed by atoms with Crippen LogP contribution in [0.15, 0.2) is 60.9 Å². The SMILES string of the molecule is CCc1cccc(CC)c1NC(=O)c1cc(-c2ccnc(Nc3ccc(N4CCN(C)CC4)cc3OC)n2)n(C)c1. The number of rotatable bonds is 9. The van der Waals surface area contributed by atoms with Crippen LogP contribution >= 0.6 is 0 Å². The first-order chi connectivity index (χ1) is 19.9. The average molecular weight is 554 g/mol. The third-order valence-electron chi connectivity index (χ3n) is 7.72. The van der Waals surface area contributed by atoms with Gasteiger partial charge in [-0.15, -0.1) is 0 Å². The highest BCUT2D eigenvalue weighted by molar-refractivity contribution is 6.05. The number of hydrogen-bond donors (Lipinski definition) is 2. The van der Waals surface area contributed by atoms with Gasteiger partial charge < -0.3 is 29.7 Å². The van der Waals surface area contributed by atoms with E-state index in [-0.39, 0.29) is 5.91 Å². The fraction of sp³-hybridized carbons (Fsp3) is 0.344. The molecule has 3 heterocycles. The van der Waals surface area contributed by atoms with Gasteiger partial charge in [0.2, 0.25) is 5.95 Å². The summed E-state index contributed by atoms with van der Waals surface area (Å²) in [5, 5.41) is 6.47. The molecule has 9 heteroatoms. The van der Waals surface area contributed by atoms with Crippen LogP contribution in [-0.2, 0) is 19.9 Å². The van der Waals surface area contributed by atoms with Gasteiger partial charge in [0.1, 0.15) is 5.75 Å². The van der Waals surface area contributed by atoms with Crippen molar-refractivity contribution in [3.05, 3.63) is 77.6 Å². The first-order valence-corrected chi connectivity index (χ1v) is 14.2. The van der Waals surface area contributed by atoms with E-state index in [1.165, 1.54) is 0 Å². The smallest absolute Gasteiger partial charge is 0.257 e. The number of carbonyl (C=O) groups excluding carboxylic acids is 1. The quantitative estimate of drug-likeness (QED) is 0.288. The molecule has 1 saturated heterocycles. The van der Waals surface area contributed by atoms with Crippen LogP contribution in [0.2, 0.25) is 0 Å². The second-order valence-corrected chi connectivity index (χ2v) is 10.4. The topological polar surface area (TPSA) is 87.6 Å². The van der Waals surface area contributed by atoms with E-state index in [4.69, 9.17) is 9.72 Å². The summed E-state index contributed by atoms with van der Waals surface area (Å²) in [5.41, 5.74) is 7.20. The van der Waals surface area contributed by atoms with Crippen LogP contribution in [-0.4, -0.2) is 65.7 Å². The van der Waals surface area contributed by atoms with E-state index in [1.54, 1.807) is 13.3 Å². The Kier molecular flexibility index (Phi) is 8.54. The summed E-state index contributed by atoms with van der Waals surface area (Å²) in [4.78, 5) is 27.2. The number of aryl methyl sites for hydroxylation is 3. The predicted octanol–water partition coefficient (Wildman–Crippen LogP) is 5.36. The third-order valence-corrected chi connectivity index (χ3v) is 7.72. The molecule has 0 saturated carbocycles. The lowest BCUT2D eigenvalue weighted by atomic mass is 10.0. The lowest BCUT2D eigenvalue weighted by Crippen LogP contribution is -2.44. The highest BCUT2D eigenvalue weighted by atomic mass is 16.5. The fourth-order valence-corrected chi connectivity index (χ4v) is 5.26. The first-order valence-electron chi connectivity index (χ1n) is 14.2. The number of likely N-dealkylation sites (N-methyl/N-ethyl adjacent to an activating group) is 1. The van der Waals surface area contributed by atoms with Gasteiger partial charge in [-0.2, -0.15) is 0 Å². The maximum absolute atomic E-state index is 13.3. The van der Waals surface area contributed by atoms with Crippen molar-refractivity contribution >= 4 is 28.9 Å². The predicted molar refractivity (Wildman–Crippen MR) is 166 cm³/mol. The molecule has 1 aliphatic rings. The Morgan fingerprint density at radius 3 is 2.39 bits per heavy atom.